The van der Waals surface area contributed by atoms with Crippen molar-refractivity contribution in [3.8, 4) is 0 Å². The van der Waals surface area contributed by atoms with Crippen LogP contribution in [-0.2, 0) is 29.3 Å². The van der Waals surface area contributed by atoms with Gasteiger partial charge in [0.15, 0.2) is 0 Å². The molecule has 3 rings (SSSR count). The van der Waals surface area contributed by atoms with Crippen LogP contribution in [0.3, 0.4) is 0 Å². The topological polar surface area (TPSA) is 25.3 Å². The van der Waals surface area contributed by atoms with Crippen molar-refractivity contribution in [2.24, 2.45) is 0 Å². The van der Waals surface area contributed by atoms with E-state index in [1.165, 1.54) is 220 Å². The number of benzene rings is 2. The first-order chi connectivity index (χ1) is 30.5. The van der Waals surface area contributed by atoms with Gasteiger partial charge in [-0.2, -0.15) is 12.8 Å². The molecule has 0 spiro atoms. The summed E-state index contributed by atoms with van der Waals surface area (Å²) in [6, 6.07) is 17.7. The van der Waals surface area contributed by atoms with Crippen molar-refractivity contribution >= 4 is 11.4 Å². The minimum Gasteiger partial charge on any atom is -0.493 e. The molecule has 1 aliphatic heterocycles. The molecule has 0 bridgehead atoms. The minimum atomic E-state index is 0. The van der Waals surface area contributed by atoms with E-state index >= 15 is 0 Å². The smallest absolute Gasteiger partial charge is 0.493 e. The van der Waals surface area contributed by atoms with Gasteiger partial charge in [0.05, 0.1) is 0 Å². The van der Waals surface area contributed by atoms with Gasteiger partial charge in [0.2, 0.25) is 11.4 Å². The third kappa shape index (κ3) is 28.6. The summed E-state index contributed by atoms with van der Waals surface area (Å²) in [5.41, 5.74) is 21.3. The Bertz CT molecular complexity index is 1370. The van der Waals surface area contributed by atoms with E-state index in [2.05, 4.69) is 104 Å². The fourth-order valence-corrected chi connectivity index (χ4v) is 8.82. The average molecular weight is 910 g/mol. The summed E-state index contributed by atoms with van der Waals surface area (Å²) in [6.07, 6.45) is 47.6. The second-order valence-electron chi connectivity index (χ2n) is 18.5. The number of hydrogen-bond donors (Lipinski definition) is 0. The van der Waals surface area contributed by atoms with Gasteiger partial charge in [0.25, 0.3) is 0 Å². The van der Waals surface area contributed by atoms with E-state index in [0.717, 1.165) is 61.0 Å². The fourth-order valence-electron chi connectivity index (χ4n) is 8.82. The Hall–Kier alpha value is -1.99. The zero-order valence-corrected chi connectivity index (χ0v) is 43.7. The quantitative estimate of drug-likeness (QED) is 0.0282. The first-order valence-corrected chi connectivity index (χ1v) is 27.2. The third-order valence-electron chi connectivity index (χ3n) is 12.7. The van der Waals surface area contributed by atoms with Crippen molar-refractivity contribution in [3.63, 3.8) is 0 Å². The maximum atomic E-state index is 11.7. The van der Waals surface area contributed by atoms with E-state index < -0.39 is 0 Å². The second-order valence-corrected chi connectivity index (χ2v) is 18.5. The average Bonchev–Trinajstić information content (AvgIpc) is 3.58. The molecule has 1 heterocycles. The second kappa shape index (κ2) is 43.9. The van der Waals surface area contributed by atoms with Crippen molar-refractivity contribution in [2.75, 3.05) is 0 Å². The summed E-state index contributed by atoms with van der Waals surface area (Å²) < 4.78 is 1.52. The number of allylic oxidation sites excluding steroid dienone is 2. The molecule has 0 aromatic heterocycles. The molecular formula is C60H102N2Ni. The van der Waals surface area contributed by atoms with Crippen LogP contribution in [0.5, 0.6) is 0 Å². The largest absolute Gasteiger partial charge is 2.00 e. The Morgan fingerprint density at radius 1 is 0.381 bits per heavy atom. The van der Waals surface area contributed by atoms with Gasteiger partial charge in [-0.25, -0.2) is 4.70 Å². The molecule has 0 saturated carbocycles. The zero-order chi connectivity index (χ0) is 45.3. The molecule has 1 aliphatic rings. The van der Waals surface area contributed by atoms with E-state index in [-0.39, 0.29) is 16.5 Å². The van der Waals surface area contributed by atoms with Crippen molar-refractivity contribution in [3.05, 3.63) is 101 Å². The molecule has 0 saturated heterocycles. The van der Waals surface area contributed by atoms with Crippen LogP contribution in [0.2, 0.25) is 0 Å². The molecule has 362 valence electrons. The molecule has 0 unspecified atom stereocenters. The van der Waals surface area contributed by atoms with Crippen LogP contribution in [-0.4, -0.2) is 4.70 Å². The maximum Gasteiger partial charge on any atom is 2.00 e. The van der Waals surface area contributed by atoms with E-state index in [1.54, 1.807) is 0 Å². The molecule has 0 amide bonds. The fraction of sp³-hybridized carbons (Fsp3) is 0.700. The SMILES string of the molecule is CCCCCCC1=C(c2cccc(CCCC)c2)[N+](=[N-])C(c2cccc(CCCC)c2)=C1CC.[CH2-]CCCCCCCCCCCCC.[CH2-]CCCCCCCCCCCCC.[Ni+2]. The Morgan fingerprint density at radius 3 is 1.03 bits per heavy atom. The molecule has 2 aromatic carbocycles. The summed E-state index contributed by atoms with van der Waals surface area (Å²) in [4.78, 5) is 0. The minimum absolute atomic E-state index is 0. The van der Waals surface area contributed by atoms with Crippen LogP contribution < -0.4 is 0 Å². The van der Waals surface area contributed by atoms with Crippen molar-refractivity contribution < 1.29 is 21.2 Å². The van der Waals surface area contributed by atoms with E-state index in [9.17, 15) is 5.53 Å². The normalized spacial score (nSPS) is 12.3. The van der Waals surface area contributed by atoms with Gasteiger partial charge in [0.1, 0.15) is 0 Å². The van der Waals surface area contributed by atoms with Gasteiger partial charge in [-0.1, -0.05) is 239 Å². The standard InChI is InChI=1S/C32H44N2.2C14H29.Ni/c1-5-9-12-13-22-30-29(8-4)31(27-20-14-18-25(23-27)16-10-6-2)34(33)32(30)28-21-15-19-26(24-28)17-11-7-3;2*1-3-5-7-9-11-13-14-12-10-8-6-4-2;/h14-15,18-21,23-24H,5-13,16-17,22H2,1-4H3;2*1,3-14H2,2H3;/q;2*-1;+2. The molecule has 0 N–H and O–H groups in total. The first kappa shape index (κ1) is 61.0. The van der Waals surface area contributed by atoms with Gasteiger partial charge < -0.3 is 19.4 Å². The number of rotatable bonds is 36. The molecule has 2 nitrogen and oxygen atoms in total. The van der Waals surface area contributed by atoms with Gasteiger partial charge in [-0.3, -0.25) is 0 Å². The van der Waals surface area contributed by atoms with Gasteiger partial charge in [-0.15, -0.1) is 0 Å². The van der Waals surface area contributed by atoms with Crippen LogP contribution in [0.15, 0.2) is 59.7 Å². The zero-order valence-electron chi connectivity index (χ0n) is 42.7. The molecule has 63 heavy (non-hydrogen) atoms. The predicted molar refractivity (Wildman–Crippen MR) is 279 cm³/mol. The van der Waals surface area contributed by atoms with Gasteiger partial charge in [0, 0.05) is 22.3 Å². The van der Waals surface area contributed by atoms with Crippen LogP contribution in [0.1, 0.15) is 282 Å². The van der Waals surface area contributed by atoms with Crippen molar-refractivity contribution in [2.45, 2.75) is 273 Å². The third-order valence-corrected chi connectivity index (χ3v) is 12.7. The Kier molecular flexibility index (Phi) is 42.5. The van der Waals surface area contributed by atoms with E-state index in [0.29, 0.717) is 0 Å². The Morgan fingerprint density at radius 2 is 0.698 bits per heavy atom. The molecule has 0 aliphatic carbocycles. The van der Waals surface area contributed by atoms with Gasteiger partial charge in [-0.05, 0) is 80.3 Å². The molecule has 2 aromatic rings. The van der Waals surface area contributed by atoms with Gasteiger partial charge >= 0.3 is 16.5 Å². The number of unbranched alkanes of at least 4 members (excludes halogenated alkanes) is 27. The summed E-state index contributed by atoms with van der Waals surface area (Å²) >= 11 is 0. The number of hydrogen-bond acceptors (Lipinski definition) is 0. The van der Waals surface area contributed by atoms with E-state index in [4.69, 9.17) is 0 Å². The molecule has 0 atom stereocenters. The maximum absolute atomic E-state index is 11.7. The predicted octanol–water partition coefficient (Wildman–Crippen LogP) is 21.0. The molecule has 0 radical (unpaired) electrons. The van der Waals surface area contributed by atoms with Crippen LogP contribution >= 0.6 is 0 Å². The summed E-state index contributed by atoms with van der Waals surface area (Å²) in [6.45, 7) is 21.3. The van der Waals surface area contributed by atoms with Crippen molar-refractivity contribution in [1.82, 2.24) is 0 Å². The summed E-state index contributed by atoms with van der Waals surface area (Å²) in [5, 5.41) is 0. The first-order valence-electron chi connectivity index (χ1n) is 27.2. The molecule has 0 fully saturated rings. The summed E-state index contributed by atoms with van der Waals surface area (Å²) in [5.74, 6) is 0. The summed E-state index contributed by atoms with van der Waals surface area (Å²) in [7, 11) is 0. The van der Waals surface area contributed by atoms with Crippen molar-refractivity contribution in [1.29, 1.82) is 0 Å². The van der Waals surface area contributed by atoms with E-state index in [1.807, 2.05) is 0 Å². The van der Waals surface area contributed by atoms with Crippen LogP contribution in [0, 0.1) is 13.8 Å². The van der Waals surface area contributed by atoms with Crippen LogP contribution in [0.4, 0.5) is 0 Å². The molecular weight excluding hydrogens is 807 g/mol. The number of nitrogens with zero attached hydrogens (tertiary/aromatic N) is 2. The molecule has 3 heteroatoms. The Balaban J connectivity index is 0.00000110. The van der Waals surface area contributed by atoms with Crippen LogP contribution in [0.25, 0.3) is 16.9 Å². The Labute approximate surface area is 404 Å². The number of aryl methyl sites for hydroxylation is 2. The monoisotopic (exact) mass is 909 g/mol.